The molecule has 0 aromatic rings. The number of nitrogens with zero attached hydrogens (tertiary/aromatic N) is 1. The summed E-state index contributed by atoms with van der Waals surface area (Å²) in [7, 11) is 0. The predicted octanol–water partition coefficient (Wildman–Crippen LogP) is 1.65. The summed E-state index contributed by atoms with van der Waals surface area (Å²) < 4.78 is 5.76. The number of hydrogen-bond donors (Lipinski definition) is 0. The average molecular weight is 193 g/mol. The highest BCUT2D eigenvalue weighted by molar-refractivity contribution is 4.90. The van der Waals surface area contributed by atoms with E-state index in [1.54, 1.807) is 0 Å². The third-order valence-corrected chi connectivity index (χ3v) is 3.36. The van der Waals surface area contributed by atoms with E-state index in [2.05, 4.69) is 10.8 Å². The normalized spacial score (nSPS) is 32.5. The van der Waals surface area contributed by atoms with Crippen LogP contribution in [0.2, 0.25) is 0 Å². The van der Waals surface area contributed by atoms with Crippen molar-refractivity contribution in [3.63, 3.8) is 0 Å². The molecule has 0 amide bonds. The Morgan fingerprint density at radius 3 is 3.21 bits per heavy atom. The fourth-order valence-corrected chi connectivity index (χ4v) is 2.67. The van der Waals surface area contributed by atoms with Gasteiger partial charge in [0.15, 0.2) is 0 Å². The number of morpholine rings is 1. The third-order valence-electron chi connectivity index (χ3n) is 3.36. The summed E-state index contributed by atoms with van der Waals surface area (Å²) in [5, 5.41) is 0. The van der Waals surface area contributed by atoms with E-state index in [-0.39, 0.29) is 0 Å². The Kier molecular flexibility index (Phi) is 3.44. The molecule has 2 unspecified atom stereocenters. The molecule has 14 heavy (non-hydrogen) atoms. The molecule has 0 aromatic heterocycles. The van der Waals surface area contributed by atoms with Gasteiger partial charge in [0.25, 0.3) is 0 Å². The summed E-state index contributed by atoms with van der Waals surface area (Å²) in [6.07, 6.45) is 11.7. The van der Waals surface area contributed by atoms with Gasteiger partial charge in [-0.2, -0.15) is 0 Å². The topological polar surface area (TPSA) is 12.5 Å². The van der Waals surface area contributed by atoms with Crippen LogP contribution in [-0.4, -0.2) is 36.7 Å². The molecule has 1 saturated heterocycles. The summed E-state index contributed by atoms with van der Waals surface area (Å²) >= 11 is 0. The molecule has 78 valence electrons. The summed E-state index contributed by atoms with van der Waals surface area (Å²) in [5.41, 5.74) is 0. The summed E-state index contributed by atoms with van der Waals surface area (Å²) in [5.74, 6) is 2.71. The van der Waals surface area contributed by atoms with Gasteiger partial charge in [0.1, 0.15) is 0 Å². The Hall–Kier alpha value is -0.520. The first-order valence-electron chi connectivity index (χ1n) is 5.71. The maximum absolute atomic E-state index is 5.76. The van der Waals surface area contributed by atoms with Crippen LogP contribution in [0, 0.1) is 12.3 Å². The molecule has 2 heteroatoms. The largest absolute Gasteiger partial charge is 0.375 e. The average Bonchev–Trinajstić information content (AvgIpc) is 2.67. The third kappa shape index (κ3) is 2.10. The standard InChI is InChI=1S/C12H19NO/c1-2-3-4-8-13-9-10-14-12-7-5-6-11(12)13/h1,11-12H,3-10H2. The Labute approximate surface area is 86.6 Å². The highest BCUT2D eigenvalue weighted by Gasteiger charge is 2.35. The fraction of sp³-hybridized carbons (Fsp3) is 0.833. The number of terminal acetylenes is 1. The van der Waals surface area contributed by atoms with E-state index >= 15 is 0 Å². The van der Waals surface area contributed by atoms with Crippen molar-refractivity contribution in [1.29, 1.82) is 0 Å². The van der Waals surface area contributed by atoms with Crippen LogP contribution in [0.3, 0.4) is 0 Å². The van der Waals surface area contributed by atoms with E-state index < -0.39 is 0 Å². The van der Waals surface area contributed by atoms with Crippen molar-refractivity contribution in [2.75, 3.05) is 19.7 Å². The van der Waals surface area contributed by atoms with E-state index in [9.17, 15) is 0 Å². The van der Waals surface area contributed by atoms with Crippen LogP contribution in [0.15, 0.2) is 0 Å². The van der Waals surface area contributed by atoms with Crippen LogP contribution in [-0.2, 0) is 4.74 Å². The number of hydrogen-bond acceptors (Lipinski definition) is 2. The lowest BCUT2D eigenvalue weighted by molar-refractivity contribution is -0.0555. The molecule has 0 N–H and O–H groups in total. The van der Waals surface area contributed by atoms with Crippen molar-refractivity contribution in [2.45, 2.75) is 44.2 Å². The number of fused-ring (bicyclic) bond motifs is 1. The van der Waals surface area contributed by atoms with Crippen molar-refractivity contribution in [2.24, 2.45) is 0 Å². The maximum atomic E-state index is 5.76. The molecule has 1 aliphatic carbocycles. The Bertz CT molecular complexity index is 221. The van der Waals surface area contributed by atoms with Gasteiger partial charge in [-0.15, -0.1) is 12.3 Å². The second-order valence-corrected chi connectivity index (χ2v) is 4.25. The van der Waals surface area contributed by atoms with Gasteiger partial charge in [-0.05, 0) is 32.2 Å². The lowest BCUT2D eigenvalue weighted by Gasteiger charge is -2.37. The van der Waals surface area contributed by atoms with Gasteiger partial charge in [-0.1, -0.05) is 0 Å². The van der Waals surface area contributed by atoms with Crippen LogP contribution in [0.5, 0.6) is 0 Å². The first kappa shape index (κ1) is 10.0. The minimum Gasteiger partial charge on any atom is -0.375 e. The SMILES string of the molecule is C#CCCCN1CCOC2CCCC21. The van der Waals surface area contributed by atoms with E-state index in [4.69, 9.17) is 11.2 Å². The van der Waals surface area contributed by atoms with Crippen molar-refractivity contribution >= 4 is 0 Å². The summed E-state index contributed by atoms with van der Waals surface area (Å²) in [6.45, 7) is 3.18. The zero-order valence-electron chi connectivity index (χ0n) is 8.74. The second kappa shape index (κ2) is 4.82. The van der Waals surface area contributed by atoms with E-state index in [1.807, 2.05) is 0 Å². The van der Waals surface area contributed by atoms with Gasteiger partial charge < -0.3 is 4.74 Å². The van der Waals surface area contributed by atoms with Crippen LogP contribution >= 0.6 is 0 Å². The Balaban J connectivity index is 1.81. The van der Waals surface area contributed by atoms with Crippen LogP contribution < -0.4 is 0 Å². The minimum absolute atomic E-state index is 0.523. The lowest BCUT2D eigenvalue weighted by Crippen LogP contribution is -2.48. The smallest absolute Gasteiger partial charge is 0.0730 e. The van der Waals surface area contributed by atoms with E-state index in [1.165, 1.54) is 19.3 Å². The summed E-state index contributed by atoms with van der Waals surface area (Å²) in [4.78, 5) is 2.58. The lowest BCUT2D eigenvalue weighted by atomic mass is 10.1. The summed E-state index contributed by atoms with van der Waals surface area (Å²) in [6, 6.07) is 0.696. The highest BCUT2D eigenvalue weighted by Crippen LogP contribution is 2.29. The van der Waals surface area contributed by atoms with Crippen molar-refractivity contribution < 1.29 is 4.74 Å². The molecule has 1 heterocycles. The van der Waals surface area contributed by atoms with Crippen LogP contribution in [0.4, 0.5) is 0 Å². The van der Waals surface area contributed by atoms with Gasteiger partial charge in [-0.25, -0.2) is 0 Å². The molecule has 2 atom stereocenters. The van der Waals surface area contributed by atoms with Crippen molar-refractivity contribution in [1.82, 2.24) is 4.90 Å². The highest BCUT2D eigenvalue weighted by atomic mass is 16.5. The molecule has 2 aliphatic rings. The molecule has 2 nitrogen and oxygen atoms in total. The monoisotopic (exact) mass is 193 g/mol. The van der Waals surface area contributed by atoms with Gasteiger partial charge in [0.05, 0.1) is 12.7 Å². The first-order valence-corrected chi connectivity index (χ1v) is 5.71. The molecule has 1 saturated carbocycles. The minimum atomic E-state index is 0.523. The van der Waals surface area contributed by atoms with Gasteiger partial charge >= 0.3 is 0 Å². The molecular weight excluding hydrogens is 174 g/mol. The van der Waals surface area contributed by atoms with Gasteiger partial charge in [-0.3, -0.25) is 4.90 Å². The number of ether oxygens (including phenoxy) is 1. The molecule has 0 aromatic carbocycles. The molecule has 1 aliphatic heterocycles. The molecule has 0 bridgehead atoms. The number of unbranched alkanes of at least 4 members (excludes halogenated alkanes) is 1. The Morgan fingerprint density at radius 1 is 1.43 bits per heavy atom. The van der Waals surface area contributed by atoms with Gasteiger partial charge in [0, 0.05) is 19.0 Å². The molecule has 2 fully saturated rings. The van der Waals surface area contributed by atoms with Crippen LogP contribution in [0.25, 0.3) is 0 Å². The predicted molar refractivity (Wildman–Crippen MR) is 57.0 cm³/mol. The molecule has 0 radical (unpaired) electrons. The molecule has 2 rings (SSSR count). The van der Waals surface area contributed by atoms with Crippen molar-refractivity contribution in [3.05, 3.63) is 0 Å². The zero-order valence-corrected chi connectivity index (χ0v) is 8.74. The van der Waals surface area contributed by atoms with Crippen molar-refractivity contribution in [3.8, 4) is 12.3 Å². The second-order valence-electron chi connectivity index (χ2n) is 4.25. The van der Waals surface area contributed by atoms with Crippen LogP contribution in [0.1, 0.15) is 32.1 Å². The number of rotatable bonds is 3. The fourth-order valence-electron chi connectivity index (χ4n) is 2.67. The quantitative estimate of drug-likeness (QED) is 0.499. The maximum Gasteiger partial charge on any atom is 0.0730 e. The first-order chi connectivity index (χ1) is 6.92. The zero-order chi connectivity index (χ0) is 9.80. The van der Waals surface area contributed by atoms with Gasteiger partial charge in [0.2, 0.25) is 0 Å². The van der Waals surface area contributed by atoms with E-state index in [0.29, 0.717) is 12.1 Å². The molecular formula is C12H19NO. The Morgan fingerprint density at radius 2 is 2.36 bits per heavy atom. The molecule has 0 spiro atoms. The van der Waals surface area contributed by atoms with E-state index in [0.717, 1.165) is 32.5 Å².